The summed E-state index contributed by atoms with van der Waals surface area (Å²) in [5.41, 5.74) is 1.94. The van der Waals surface area contributed by atoms with E-state index in [1.165, 1.54) is 0 Å². The van der Waals surface area contributed by atoms with Gasteiger partial charge >= 0.3 is 0 Å². The van der Waals surface area contributed by atoms with E-state index in [9.17, 15) is 0 Å². The largest absolute Gasteiger partial charge is 0.454 e. The van der Waals surface area contributed by atoms with Crippen molar-refractivity contribution in [1.29, 1.82) is 0 Å². The fourth-order valence-electron chi connectivity index (χ4n) is 2.49. The number of fused-ring (bicyclic) bond motifs is 2. The predicted molar refractivity (Wildman–Crippen MR) is 90.0 cm³/mol. The molecule has 0 saturated carbocycles. The molecule has 0 aliphatic carbocycles. The molecule has 4 N–H and O–H groups in total. The summed E-state index contributed by atoms with van der Waals surface area (Å²) in [4.78, 5) is 0. The van der Waals surface area contributed by atoms with Crippen LogP contribution in [0.3, 0.4) is 0 Å². The predicted octanol–water partition coefficient (Wildman–Crippen LogP) is 0.160. The van der Waals surface area contributed by atoms with Crippen molar-refractivity contribution < 1.29 is 50.3 Å². The molecule has 0 fully saturated rings. The third-order valence-electron chi connectivity index (χ3n) is 3.39. The van der Waals surface area contributed by atoms with Crippen molar-refractivity contribution in [3.63, 3.8) is 0 Å². The summed E-state index contributed by atoms with van der Waals surface area (Å²) in [5.74, 6) is 3.02. The summed E-state index contributed by atoms with van der Waals surface area (Å²) in [6.45, 7) is 0.490. The summed E-state index contributed by atoms with van der Waals surface area (Å²) < 4.78 is 22.2. The minimum Gasteiger partial charge on any atom is -0.454 e. The monoisotopic (exact) mass is 448 g/mol. The Morgan fingerprint density at radius 2 is 1.04 bits per heavy atom. The first kappa shape index (κ1) is 20.1. The first-order valence-corrected chi connectivity index (χ1v) is 7.27. The smallest absolute Gasteiger partial charge is 0.231 e. The van der Waals surface area contributed by atoms with E-state index in [1.807, 2.05) is 24.3 Å². The van der Waals surface area contributed by atoms with Gasteiger partial charge in [-0.3, -0.25) is 0 Å². The van der Waals surface area contributed by atoms with E-state index in [0.717, 1.165) is 44.7 Å². The van der Waals surface area contributed by atoms with Gasteiger partial charge in [-0.05, 0) is 22.7 Å². The molecule has 2 unspecified atom stereocenters. The molecule has 2 aromatic rings. The molecule has 128 valence electrons. The van der Waals surface area contributed by atoms with Crippen LogP contribution >= 0.6 is 18.5 Å². The zero-order valence-corrected chi connectivity index (χ0v) is 15.7. The van der Waals surface area contributed by atoms with Crippen LogP contribution in [0.15, 0.2) is 24.3 Å². The van der Waals surface area contributed by atoms with Gasteiger partial charge in [0.15, 0.2) is 23.0 Å². The number of benzene rings is 2. The Balaban J connectivity index is 0.000000882. The standard InChI is InChI=1S/C14H12O4P2.2H2O.Pd/c19-9-3-1-7-13(17-5-15-7)11(9)12-10(20)4-2-8-14(12)18-6-16-8;;;/h1-4H,5-6,19-20H2;2*1H2;. The van der Waals surface area contributed by atoms with E-state index in [0.29, 0.717) is 0 Å². The molecule has 0 aromatic heterocycles. The maximum Gasteiger partial charge on any atom is 0.231 e. The summed E-state index contributed by atoms with van der Waals surface area (Å²) >= 11 is 0. The Bertz CT molecular complexity index is 663. The molecule has 9 heteroatoms. The summed E-state index contributed by atoms with van der Waals surface area (Å²) in [5, 5.41) is 2.06. The molecular weight excluding hydrogens is 433 g/mol. The van der Waals surface area contributed by atoms with E-state index in [1.54, 1.807) is 0 Å². The minimum absolute atomic E-state index is 0. The van der Waals surface area contributed by atoms with Gasteiger partial charge in [0, 0.05) is 31.5 Å². The fourth-order valence-corrected chi connectivity index (χ4v) is 3.23. The van der Waals surface area contributed by atoms with Gasteiger partial charge in [0.2, 0.25) is 13.6 Å². The van der Waals surface area contributed by atoms with Gasteiger partial charge < -0.3 is 29.9 Å². The molecule has 0 amide bonds. The third kappa shape index (κ3) is 3.19. The Morgan fingerprint density at radius 1 is 0.652 bits per heavy atom. The normalized spacial score (nSPS) is 12.8. The maximum atomic E-state index is 5.64. The van der Waals surface area contributed by atoms with Gasteiger partial charge in [-0.15, -0.1) is 18.5 Å². The second kappa shape index (κ2) is 7.77. The Hall–Kier alpha value is -0.918. The van der Waals surface area contributed by atoms with Crippen LogP contribution in [0.1, 0.15) is 0 Å². The van der Waals surface area contributed by atoms with Gasteiger partial charge in [-0.1, -0.05) is 12.1 Å². The van der Waals surface area contributed by atoms with Crippen molar-refractivity contribution in [3.8, 4) is 34.1 Å². The minimum atomic E-state index is 0. The van der Waals surface area contributed by atoms with Gasteiger partial charge in [-0.25, -0.2) is 0 Å². The molecule has 4 rings (SSSR count). The second-order valence-electron chi connectivity index (χ2n) is 4.53. The molecule has 2 aromatic carbocycles. The van der Waals surface area contributed by atoms with E-state index in [4.69, 9.17) is 18.9 Å². The van der Waals surface area contributed by atoms with Crippen LogP contribution in [0.5, 0.6) is 23.0 Å². The van der Waals surface area contributed by atoms with Crippen LogP contribution in [-0.4, -0.2) is 24.5 Å². The molecular formula is C14H16O6P2Pd. The number of ether oxygens (including phenoxy) is 4. The topological polar surface area (TPSA) is 99.9 Å². The fraction of sp³-hybridized carbons (Fsp3) is 0.143. The molecule has 0 bridgehead atoms. The van der Waals surface area contributed by atoms with E-state index in [2.05, 4.69) is 18.5 Å². The molecule has 2 heterocycles. The maximum absolute atomic E-state index is 5.64. The van der Waals surface area contributed by atoms with Crippen molar-refractivity contribution >= 4 is 29.1 Å². The molecule has 0 spiro atoms. The quantitative estimate of drug-likeness (QED) is 0.458. The first-order valence-electron chi connectivity index (χ1n) is 6.12. The van der Waals surface area contributed by atoms with Crippen LogP contribution in [0.2, 0.25) is 0 Å². The van der Waals surface area contributed by atoms with Crippen LogP contribution in [0, 0.1) is 0 Å². The van der Waals surface area contributed by atoms with Gasteiger partial charge in [0.05, 0.1) is 0 Å². The zero-order valence-electron chi connectivity index (χ0n) is 11.8. The van der Waals surface area contributed by atoms with Gasteiger partial charge in [0.1, 0.15) is 0 Å². The molecule has 23 heavy (non-hydrogen) atoms. The number of hydrogen-bond donors (Lipinski definition) is 0. The molecule has 0 radical (unpaired) electrons. The van der Waals surface area contributed by atoms with Crippen molar-refractivity contribution in [3.05, 3.63) is 24.3 Å². The van der Waals surface area contributed by atoms with E-state index < -0.39 is 0 Å². The molecule has 2 aliphatic heterocycles. The summed E-state index contributed by atoms with van der Waals surface area (Å²) in [7, 11) is 5.47. The Kier molecular flexibility index (Phi) is 6.80. The number of rotatable bonds is 1. The van der Waals surface area contributed by atoms with E-state index >= 15 is 0 Å². The second-order valence-corrected chi connectivity index (χ2v) is 5.77. The van der Waals surface area contributed by atoms with Crippen molar-refractivity contribution in [2.45, 2.75) is 0 Å². The van der Waals surface area contributed by atoms with Gasteiger partial charge in [0.25, 0.3) is 0 Å². The SMILES string of the molecule is O.O.Pc1ccc2c(c1-c1c(P)ccc3c1OCO3)OCO2.[Pd]. The molecule has 0 saturated heterocycles. The third-order valence-corrected chi connectivity index (χ3v) is 4.36. The van der Waals surface area contributed by atoms with Crippen LogP contribution < -0.4 is 29.6 Å². The average Bonchev–Trinajstić information content (AvgIpc) is 3.08. The summed E-state index contributed by atoms with van der Waals surface area (Å²) in [6.07, 6.45) is 0. The summed E-state index contributed by atoms with van der Waals surface area (Å²) in [6, 6.07) is 7.81. The molecule has 6 nitrogen and oxygen atoms in total. The average molecular weight is 449 g/mol. The van der Waals surface area contributed by atoms with Crippen LogP contribution in [-0.2, 0) is 20.4 Å². The molecule has 2 aliphatic rings. The van der Waals surface area contributed by atoms with Crippen LogP contribution in [0.25, 0.3) is 11.1 Å². The van der Waals surface area contributed by atoms with E-state index in [-0.39, 0.29) is 45.0 Å². The van der Waals surface area contributed by atoms with Crippen molar-refractivity contribution in [1.82, 2.24) is 0 Å². The first-order chi connectivity index (χ1) is 9.75. The Labute approximate surface area is 151 Å². The number of hydrogen-bond acceptors (Lipinski definition) is 4. The zero-order chi connectivity index (χ0) is 13.7. The Morgan fingerprint density at radius 3 is 1.43 bits per heavy atom. The van der Waals surface area contributed by atoms with Gasteiger partial charge in [-0.2, -0.15) is 0 Å². The van der Waals surface area contributed by atoms with Crippen LogP contribution in [0.4, 0.5) is 0 Å². The van der Waals surface area contributed by atoms with Crippen molar-refractivity contribution in [2.75, 3.05) is 13.6 Å². The van der Waals surface area contributed by atoms with Crippen molar-refractivity contribution in [2.24, 2.45) is 0 Å². The molecule has 2 atom stereocenters.